The summed E-state index contributed by atoms with van der Waals surface area (Å²) in [6, 6.07) is 22.9. The van der Waals surface area contributed by atoms with Crippen molar-refractivity contribution in [2.75, 3.05) is 11.1 Å². The summed E-state index contributed by atoms with van der Waals surface area (Å²) in [6.45, 7) is 0. The summed E-state index contributed by atoms with van der Waals surface area (Å²) < 4.78 is 41.9. The standard InChI is InChI=1S/C25H17ClFN3O3S2/c26-20-14-18(27)10-12-21(20)28-24(31)15-34-25-29-22-7-3-4-8-23(22)30(25)35(32,33)19-11-9-16-5-1-2-6-17(16)13-19/h1-14H,15H2,(H,28,31). The molecule has 0 aliphatic rings. The number of rotatable bonds is 6. The smallest absolute Gasteiger partial charge is 0.270 e. The average Bonchev–Trinajstić information content (AvgIpc) is 3.23. The molecular formula is C25H17ClFN3O3S2. The van der Waals surface area contributed by atoms with Crippen molar-refractivity contribution in [1.82, 2.24) is 8.96 Å². The molecule has 1 heterocycles. The van der Waals surface area contributed by atoms with E-state index >= 15 is 0 Å². The molecule has 0 saturated carbocycles. The molecule has 1 N–H and O–H groups in total. The molecule has 0 fully saturated rings. The highest BCUT2D eigenvalue weighted by atomic mass is 35.5. The maximum atomic E-state index is 13.7. The number of nitrogens with one attached hydrogen (secondary N) is 1. The van der Waals surface area contributed by atoms with Crippen LogP contribution >= 0.6 is 23.4 Å². The minimum absolute atomic E-state index is 0.0643. The second kappa shape index (κ2) is 9.33. The fourth-order valence-corrected chi connectivity index (χ4v) is 6.41. The fraction of sp³-hybridized carbons (Fsp3) is 0.0400. The number of thioether (sulfide) groups is 1. The summed E-state index contributed by atoms with van der Waals surface area (Å²) in [5, 5.41) is 4.54. The Morgan fingerprint density at radius 3 is 2.51 bits per heavy atom. The van der Waals surface area contributed by atoms with Gasteiger partial charge in [0.2, 0.25) is 5.91 Å². The molecule has 5 rings (SSSR count). The van der Waals surface area contributed by atoms with Crippen LogP contribution in [0.5, 0.6) is 0 Å². The van der Waals surface area contributed by atoms with Crippen LogP contribution in [0.25, 0.3) is 21.8 Å². The summed E-state index contributed by atoms with van der Waals surface area (Å²) in [4.78, 5) is 17.1. The van der Waals surface area contributed by atoms with E-state index in [-0.39, 0.29) is 26.5 Å². The van der Waals surface area contributed by atoms with Gasteiger partial charge < -0.3 is 5.32 Å². The van der Waals surface area contributed by atoms with Crippen LogP contribution in [0.1, 0.15) is 0 Å². The van der Waals surface area contributed by atoms with Crippen LogP contribution in [-0.4, -0.2) is 29.0 Å². The molecule has 0 spiro atoms. The number of imidazole rings is 1. The highest BCUT2D eigenvalue weighted by Crippen LogP contribution is 2.30. The number of fused-ring (bicyclic) bond motifs is 2. The Balaban J connectivity index is 1.49. The first kappa shape index (κ1) is 23.3. The summed E-state index contributed by atoms with van der Waals surface area (Å²) in [6.07, 6.45) is 0. The van der Waals surface area contributed by atoms with Gasteiger partial charge in [-0.1, -0.05) is 65.8 Å². The first-order chi connectivity index (χ1) is 16.8. The van der Waals surface area contributed by atoms with E-state index in [1.807, 2.05) is 24.3 Å². The van der Waals surface area contributed by atoms with Gasteiger partial charge in [-0.25, -0.2) is 21.8 Å². The highest BCUT2D eigenvalue weighted by molar-refractivity contribution is 8.00. The van der Waals surface area contributed by atoms with Crippen molar-refractivity contribution < 1.29 is 17.6 Å². The van der Waals surface area contributed by atoms with Crippen LogP contribution in [0.4, 0.5) is 10.1 Å². The number of benzene rings is 4. The lowest BCUT2D eigenvalue weighted by Crippen LogP contribution is -2.17. The molecule has 1 amide bonds. The third-order valence-corrected chi connectivity index (χ3v) is 8.35. The van der Waals surface area contributed by atoms with E-state index in [4.69, 9.17) is 11.6 Å². The molecule has 10 heteroatoms. The number of carbonyl (C=O) groups is 1. The number of para-hydroxylation sites is 2. The third kappa shape index (κ3) is 4.62. The Hall–Kier alpha value is -3.40. The zero-order valence-corrected chi connectivity index (χ0v) is 20.4. The predicted molar refractivity (Wildman–Crippen MR) is 137 cm³/mol. The molecule has 1 aromatic heterocycles. The molecule has 0 atom stereocenters. The zero-order valence-electron chi connectivity index (χ0n) is 18.0. The minimum Gasteiger partial charge on any atom is -0.324 e. The maximum absolute atomic E-state index is 13.7. The number of halogens is 2. The Labute approximate surface area is 209 Å². The number of hydrogen-bond acceptors (Lipinski definition) is 5. The number of aromatic nitrogens is 2. The SMILES string of the molecule is O=C(CSc1nc2ccccc2n1S(=O)(=O)c1ccc2ccccc2c1)Nc1ccc(F)cc1Cl. The van der Waals surface area contributed by atoms with Crippen molar-refractivity contribution in [3.63, 3.8) is 0 Å². The molecule has 6 nitrogen and oxygen atoms in total. The van der Waals surface area contributed by atoms with Crippen molar-refractivity contribution >= 4 is 66.8 Å². The van der Waals surface area contributed by atoms with Gasteiger partial charge in [0, 0.05) is 0 Å². The van der Waals surface area contributed by atoms with Gasteiger partial charge in [-0.15, -0.1) is 0 Å². The van der Waals surface area contributed by atoms with E-state index in [9.17, 15) is 17.6 Å². The minimum atomic E-state index is -4.02. The van der Waals surface area contributed by atoms with Crippen molar-refractivity contribution in [1.29, 1.82) is 0 Å². The lowest BCUT2D eigenvalue weighted by molar-refractivity contribution is -0.113. The highest BCUT2D eigenvalue weighted by Gasteiger charge is 2.25. The molecule has 0 radical (unpaired) electrons. The Morgan fingerprint density at radius 1 is 0.971 bits per heavy atom. The van der Waals surface area contributed by atoms with Crippen molar-refractivity contribution in [3.05, 3.63) is 95.8 Å². The quantitative estimate of drug-likeness (QED) is 0.277. The molecule has 0 unspecified atom stereocenters. The van der Waals surface area contributed by atoms with Gasteiger partial charge >= 0.3 is 0 Å². The van der Waals surface area contributed by atoms with Crippen LogP contribution in [-0.2, 0) is 14.8 Å². The summed E-state index contributed by atoms with van der Waals surface area (Å²) >= 11 is 6.96. The van der Waals surface area contributed by atoms with E-state index < -0.39 is 21.7 Å². The van der Waals surface area contributed by atoms with Gasteiger partial charge in [0.25, 0.3) is 10.0 Å². The van der Waals surface area contributed by atoms with Crippen LogP contribution < -0.4 is 5.32 Å². The molecule has 35 heavy (non-hydrogen) atoms. The second-order valence-electron chi connectivity index (χ2n) is 7.62. The van der Waals surface area contributed by atoms with E-state index in [1.165, 1.54) is 12.1 Å². The van der Waals surface area contributed by atoms with Gasteiger partial charge in [0.1, 0.15) is 5.82 Å². The summed E-state index contributed by atoms with van der Waals surface area (Å²) in [7, 11) is -4.02. The Morgan fingerprint density at radius 2 is 1.71 bits per heavy atom. The molecule has 0 aliphatic carbocycles. The van der Waals surface area contributed by atoms with Crippen molar-refractivity contribution in [3.8, 4) is 0 Å². The van der Waals surface area contributed by atoms with E-state index in [1.54, 1.807) is 42.5 Å². The van der Waals surface area contributed by atoms with Gasteiger partial charge in [0.05, 0.1) is 32.4 Å². The lowest BCUT2D eigenvalue weighted by atomic mass is 10.1. The monoisotopic (exact) mass is 525 g/mol. The molecule has 0 bridgehead atoms. The molecule has 4 aromatic carbocycles. The number of hydrogen-bond donors (Lipinski definition) is 1. The molecule has 0 aliphatic heterocycles. The molecular weight excluding hydrogens is 509 g/mol. The Bertz CT molecular complexity index is 1700. The molecule has 176 valence electrons. The van der Waals surface area contributed by atoms with Crippen molar-refractivity contribution in [2.24, 2.45) is 0 Å². The summed E-state index contributed by atoms with van der Waals surface area (Å²) in [5.74, 6) is -1.09. The fourth-order valence-electron chi connectivity index (χ4n) is 3.65. The summed E-state index contributed by atoms with van der Waals surface area (Å²) in [5.41, 5.74) is 1.16. The van der Waals surface area contributed by atoms with Crippen LogP contribution in [0.3, 0.4) is 0 Å². The Kier molecular flexibility index (Phi) is 6.22. The maximum Gasteiger partial charge on any atom is 0.270 e. The van der Waals surface area contributed by atoms with E-state index in [0.717, 1.165) is 32.6 Å². The topological polar surface area (TPSA) is 81.1 Å². The van der Waals surface area contributed by atoms with Gasteiger partial charge in [-0.3, -0.25) is 4.79 Å². The number of anilines is 1. The van der Waals surface area contributed by atoms with Crippen LogP contribution in [0.15, 0.2) is 95.0 Å². The van der Waals surface area contributed by atoms with E-state index in [0.29, 0.717) is 11.0 Å². The largest absolute Gasteiger partial charge is 0.324 e. The first-order valence-corrected chi connectivity index (χ1v) is 13.2. The van der Waals surface area contributed by atoms with E-state index in [2.05, 4.69) is 10.3 Å². The van der Waals surface area contributed by atoms with Crippen LogP contribution in [0.2, 0.25) is 5.02 Å². The molecule has 5 aromatic rings. The zero-order chi connectivity index (χ0) is 24.6. The second-order valence-corrected chi connectivity index (χ2v) is 10.8. The number of nitrogens with zero attached hydrogens (tertiary/aromatic N) is 2. The van der Waals surface area contributed by atoms with Crippen LogP contribution in [0, 0.1) is 5.82 Å². The van der Waals surface area contributed by atoms with Gasteiger partial charge in [-0.2, -0.15) is 0 Å². The lowest BCUT2D eigenvalue weighted by Gasteiger charge is -2.11. The van der Waals surface area contributed by atoms with Gasteiger partial charge in [-0.05, 0) is 53.2 Å². The molecule has 0 saturated heterocycles. The van der Waals surface area contributed by atoms with Crippen molar-refractivity contribution in [2.45, 2.75) is 10.1 Å². The average molecular weight is 526 g/mol. The van der Waals surface area contributed by atoms with Gasteiger partial charge in [0.15, 0.2) is 5.16 Å². The first-order valence-electron chi connectivity index (χ1n) is 10.4. The third-order valence-electron chi connectivity index (χ3n) is 5.29. The number of carbonyl (C=O) groups excluding carboxylic acids is 1. The normalized spacial score (nSPS) is 11.7. The number of amides is 1. The predicted octanol–water partition coefficient (Wildman–Crippen LogP) is 5.95.